The second-order valence-electron chi connectivity index (χ2n) is 9.64. The summed E-state index contributed by atoms with van der Waals surface area (Å²) >= 11 is 0. The van der Waals surface area contributed by atoms with Crippen LogP contribution in [0, 0.1) is 32.6 Å². The monoisotopic (exact) mass is 645 g/mol. The molecule has 4 aromatic rings. The van der Waals surface area contributed by atoms with Crippen molar-refractivity contribution in [2.75, 3.05) is 11.9 Å². The summed E-state index contributed by atoms with van der Waals surface area (Å²) < 4.78 is 8.40. The Morgan fingerprint density at radius 1 is 1.06 bits per heavy atom. The van der Waals surface area contributed by atoms with Crippen molar-refractivity contribution in [3.63, 3.8) is 0 Å². The number of hydrogen-bond donors (Lipinski definition) is 0. The van der Waals surface area contributed by atoms with Crippen LogP contribution in [0.15, 0.2) is 55.1 Å². The SMILES string of the molecule is Cc1nc2c(Oc3[c-]c(N4C=CN(C)[CH-]4)ccc3)[c-]c(-c3cc(C(C)(C)C)ccn3)cn2c1C.[Pt]. The quantitative estimate of drug-likeness (QED) is 0.253. The topological polar surface area (TPSA) is 45.9 Å². The molecule has 0 amide bonds. The second kappa shape index (κ2) is 9.50. The van der Waals surface area contributed by atoms with E-state index in [1.807, 2.05) is 73.4 Å². The molecule has 1 aromatic carbocycles. The van der Waals surface area contributed by atoms with Crippen LogP contribution in [0.5, 0.6) is 11.5 Å². The molecule has 0 radical (unpaired) electrons. The molecule has 0 unspecified atom stereocenters. The molecule has 6 nitrogen and oxygen atoms in total. The number of imidazole rings is 1. The normalized spacial score (nSPS) is 13.4. The predicted octanol–water partition coefficient (Wildman–Crippen LogP) is 6.04. The first-order valence-corrected chi connectivity index (χ1v) is 11.3. The van der Waals surface area contributed by atoms with E-state index in [1.54, 1.807) is 0 Å². The molecule has 184 valence electrons. The molecule has 1 aliphatic rings. The van der Waals surface area contributed by atoms with Gasteiger partial charge in [0.05, 0.1) is 11.4 Å². The van der Waals surface area contributed by atoms with E-state index in [-0.39, 0.29) is 26.5 Å². The molecular weight excluding hydrogens is 617 g/mol. The van der Waals surface area contributed by atoms with Crippen LogP contribution in [0.2, 0.25) is 0 Å². The number of aromatic nitrogens is 3. The third-order valence-corrected chi connectivity index (χ3v) is 6.01. The number of aryl methyl sites for hydroxylation is 2. The van der Waals surface area contributed by atoms with Gasteiger partial charge < -0.3 is 23.9 Å². The minimum absolute atomic E-state index is 0. The van der Waals surface area contributed by atoms with Gasteiger partial charge in [0, 0.05) is 44.4 Å². The first-order valence-electron chi connectivity index (χ1n) is 11.3. The fraction of sp³-hybridized carbons (Fsp3) is 0.250. The number of rotatable bonds is 4. The van der Waals surface area contributed by atoms with Crippen molar-refractivity contribution in [2.24, 2.45) is 0 Å². The van der Waals surface area contributed by atoms with E-state index in [0.717, 1.165) is 34.0 Å². The van der Waals surface area contributed by atoms with Gasteiger partial charge in [-0.2, -0.15) is 12.7 Å². The van der Waals surface area contributed by atoms with Gasteiger partial charge >= 0.3 is 0 Å². The van der Waals surface area contributed by atoms with Crippen molar-refractivity contribution in [1.29, 1.82) is 0 Å². The summed E-state index contributed by atoms with van der Waals surface area (Å²) in [5.41, 5.74) is 6.55. The smallest absolute Gasteiger partial charge is 0.0961 e. The Balaban J connectivity index is 0.00000289. The van der Waals surface area contributed by atoms with E-state index in [0.29, 0.717) is 11.5 Å². The molecule has 0 fully saturated rings. The van der Waals surface area contributed by atoms with E-state index in [1.165, 1.54) is 5.56 Å². The van der Waals surface area contributed by atoms with Gasteiger partial charge in [-0.15, -0.1) is 29.4 Å². The average molecular weight is 646 g/mol. The van der Waals surface area contributed by atoms with E-state index >= 15 is 0 Å². The van der Waals surface area contributed by atoms with Gasteiger partial charge in [-0.1, -0.05) is 39.1 Å². The Bertz CT molecular complexity index is 1400. The van der Waals surface area contributed by atoms with Crippen molar-refractivity contribution in [2.45, 2.75) is 40.0 Å². The molecule has 7 heteroatoms. The van der Waals surface area contributed by atoms with Gasteiger partial charge in [0.15, 0.2) is 0 Å². The van der Waals surface area contributed by atoms with Gasteiger partial charge in [-0.05, 0) is 56.0 Å². The molecule has 0 N–H and O–H groups in total. The molecule has 0 saturated carbocycles. The number of ether oxygens (including phenoxy) is 1. The zero-order valence-electron chi connectivity index (χ0n) is 20.7. The number of anilines is 1. The molecule has 0 saturated heterocycles. The van der Waals surface area contributed by atoms with Crippen molar-refractivity contribution in [3.05, 3.63) is 90.9 Å². The zero-order valence-corrected chi connectivity index (χ0v) is 23.0. The van der Waals surface area contributed by atoms with Crippen LogP contribution in [-0.2, 0) is 26.5 Å². The van der Waals surface area contributed by atoms with Crippen LogP contribution >= 0.6 is 0 Å². The third-order valence-electron chi connectivity index (χ3n) is 6.01. The number of benzene rings is 1. The van der Waals surface area contributed by atoms with E-state index in [4.69, 9.17) is 9.72 Å². The molecule has 5 rings (SSSR count). The summed E-state index contributed by atoms with van der Waals surface area (Å²) in [6.45, 7) is 12.6. The van der Waals surface area contributed by atoms with Gasteiger partial charge in [-0.3, -0.25) is 4.98 Å². The van der Waals surface area contributed by atoms with Crippen molar-refractivity contribution in [3.8, 4) is 22.8 Å². The fourth-order valence-electron chi connectivity index (χ4n) is 3.88. The van der Waals surface area contributed by atoms with Gasteiger partial charge in [0.25, 0.3) is 0 Å². The van der Waals surface area contributed by atoms with Crippen molar-refractivity contribution >= 4 is 11.3 Å². The molecule has 4 heterocycles. The van der Waals surface area contributed by atoms with E-state index in [9.17, 15) is 0 Å². The Morgan fingerprint density at radius 3 is 2.57 bits per heavy atom. The van der Waals surface area contributed by atoms with Crippen LogP contribution < -0.4 is 9.64 Å². The molecule has 1 aliphatic heterocycles. The summed E-state index contributed by atoms with van der Waals surface area (Å²) in [6, 6.07) is 16.8. The summed E-state index contributed by atoms with van der Waals surface area (Å²) in [4.78, 5) is 13.4. The van der Waals surface area contributed by atoms with E-state index < -0.39 is 0 Å². The predicted molar refractivity (Wildman–Crippen MR) is 134 cm³/mol. The summed E-state index contributed by atoms with van der Waals surface area (Å²) in [7, 11) is 1.99. The van der Waals surface area contributed by atoms with E-state index in [2.05, 4.69) is 61.3 Å². The van der Waals surface area contributed by atoms with Gasteiger partial charge in [0.1, 0.15) is 0 Å². The Labute approximate surface area is 221 Å². The maximum atomic E-state index is 6.35. The zero-order chi connectivity index (χ0) is 24.0. The maximum absolute atomic E-state index is 6.35. The molecule has 0 aliphatic carbocycles. The Kier molecular flexibility index (Phi) is 6.79. The largest absolute Gasteiger partial charge is 0.510 e. The standard InChI is InChI=1S/C28H28N5O.Pt/c1-19-20(2)33-17-21(25-15-22(10-11-29-25)28(3,4)5)14-26(27(33)30-19)34-24-9-7-8-23(16-24)32-13-12-31(6)18-32;/h7-13,15,17-18H,1-6H3;/q-3;. The first-order chi connectivity index (χ1) is 16.2. The second-order valence-corrected chi connectivity index (χ2v) is 9.64. The molecule has 0 bridgehead atoms. The summed E-state index contributed by atoms with van der Waals surface area (Å²) in [5, 5.41) is 0. The van der Waals surface area contributed by atoms with Crippen molar-refractivity contribution < 1.29 is 25.8 Å². The molecule has 35 heavy (non-hydrogen) atoms. The van der Waals surface area contributed by atoms with Crippen LogP contribution in [0.3, 0.4) is 0 Å². The third kappa shape index (κ3) is 4.99. The number of fused-ring (bicyclic) bond motifs is 1. The van der Waals surface area contributed by atoms with Gasteiger partial charge in [-0.25, -0.2) is 0 Å². The fourth-order valence-corrected chi connectivity index (χ4v) is 3.88. The van der Waals surface area contributed by atoms with Crippen molar-refractivity contribution in [1.82, 2.24) is 19.3 Å². The van der Waals surface area contributed by atoms with Crippen LogP contribution in [0.25, 0.3) is 16.9 Å². The molecule has 3 aromatic heterocycles. The number of pyridine rings is 2. The van der Waals surface area contributed by atoms with Crippen LogP contribution in [-0.4, -0.2) is 26.3 Å². The minimum atomic E-state index is 0. The van der Waals surface area contributed by atoms with Crippen LogP contribution in [0.1, 0.15) is 37.7 Å². The molecular formula is C28H28N5OPt-3. The molecule has 0 atom stereocenters. The Hall–Kier alpha value is -3.11. The summed E-state index contributed by atoms with van der Waals surface area (Å²) in [6.07, 6.45) is 7.85. The van der Waals surface area contributed by atoms with Gasteiger partial charge in [0.2, 0.25) is 0 Å². The molecule has 0 spiro atoms. The Morgan fingerprint density at radius 2 is 1.86 bits per heavy atom. The maximum Gasteiger partial charge on any atom is 0.0961 e. The average Bonchev–Trinajstić information content (AvgIpc) is 3.37. The van der Waals surface area contributed by atoms with Crippen LogP contribution in [0.4, 0.5) is 5.69 Å². The number of hydrogen-bond acceptors (Lipinski definition) is 5. The number of nitrogens with zero attached hydrogens (tertiary/aromatic N) is 5. The summed E-state index contributed by atoms with van der Waals surface area (Å²) in [5.74, 6) is 1.14. The first kappa shape index (κ1) is 25.0. The minimum Gasteiger partial charge on any atom is -0.510 e.